The Morgan fingerprint density at radius 3 is 2.27 bits per heavy atom. The Kier molecular flexibility index (Phi) is 11.2. The van der Waals surface area contributed by atoms with Crippen LogP contribution in [0.1, 0.15) is 25.0 Å². The lowest BCUT2D eigenvalue weighted by Gasteiger charge is -2.12. The summed E-state index contributed by atoms with van der Waals surface area (Å²) in [6, 6.07) is 17.9. The molecule has 26 heavy (non-hydrogen) atoms. The van der Waals surface area contributed by atoms with Crippen molar-refractivity contribution in [3.63, 3.8) is 0 Å². The molecule has 0 bridgehead atoms. The molecule has 0 fully saturated rings. The van der Waals surface area contributed by atoms with Gasteiger partial charge in [0.1, 0.15) is 0 Å². The largest absolute Gasteiger partial charge is 0.357 e. The molecule has 0 heterocycles. The quantitative estimate of drug-likeness (QED) is 0.341. The molecule has 1 unspecified atom stereocenters. The van der Waals surface area contributed by atoms with Crippen molar-refractivity contribution in [3.8, 4) is 0 Å². The molecule has 0 spiro atoms. The Morgan fingerprint density at radius 2 is 1.62 bits per heavy atom. The van der Waals surface area contributed by atoms with Gasteiger partial charge in [-0.25, -0.2) is 4.99 Å². The number of rotatable bonds is 8. The molecule has 2 rings (SSSR count). The number of aliphatic imine (C=N–C) groups is 1. The molecule has 1 atom stereocenters. The van der Waals surface area contributed by atoms with Crippen LogP contribution in [0.3, 0.4) is 0 Å². The Labute approximate surface area is 176 Å². The van der Waals surface area contributed by atoms with Gasteiger partial charge in [0.05, 0.1) is 17.3 Å². The standard InChI is InChI=1S/C20H27N3OS.HI/c1-3-17-10-8-9-11-18(17)16-23-20(21-4-2)22-14-15-25(24)19-12-6-5-7-13-19;/h5-13H,3-4,14-16H2,1-2H3,(H2,21,22,23);1H. The van der Waals surface area contributed by atoms with Crippen LogP contribution in [-0.4, -0.2) is 29.0 Å². The minimum Gasteiger partial charge on any atom is -0.357 e. The van der Waals surface area contributed by atoms with Crippen LogP contribution in [0.5, 0.6) is 0 Å². The maximum Gasteiger partial charge on any atom is 0.191 e. The molecule has 0 amide bonds. The highest BCUT2D eigenvalue weighted by molar-refractivity contribution is 14.0. The summed E-state index contributed by atoms with van der Waals surface area (Å²) in [7, 11) is -0.994. The van der Waals surface area contributed by atoms with Gasteiger partial charge in [0.25, 0.3) is 0 Å². The third kappa shape index (κ3) is 7.45. The van der Waals surface area contributed by atoms with Crippen molar-refractivity contribution in [1.29, 1.82) is 0 Å². The molecule has 2 aromatic rings. The van der Waals surface area contributed by atoms with E-state index in [1.807, 2.05) is 43.3 Å². The molecule has 0 aliphatic carbocycles. The van der Waals surface area contributed by atoms with E-state index in [0.29, 0.717) is 18.8 Å². The van der Waals surface area contributed by atoms with Crippen molar-refractivity contribution in [2.75, 3.05) is 18.8 Å². The predicted octanol–water partition coefficient (Wildman–Crippen LogP) is 3.73. The van der Waals surface area contributed by atoms with Crippen molar-refractivity contribution in [3.05, 3.63) is 65.7 Å². The van der Waals surface area contributed by atoms with Crippen LogP contribution < -0.4 is 10.6 Å². The number of nitrogens with zero attached hydrogens (tertiary/aromatic N) is 1. The molecule has 0 aliphatic rings. The van der Waals surface area contributed by atoms with Gasteiger partial charge in [0, 0.05) is 23.7 Å². The van der Waals surface area contributed by atoms with Crippen LogP contribution in [0.15, 0.2) is 64.5 Å². The van der Waals surface area contributed by atoms with Crippen molar-refractivity contribution in [2.45, 2.75) is 31.7 Å². The SMILES string of the molecule is CCNC(=NCc1ccccc1CC)NCCS(=O)c1ccccc1.I. The number of halogens is 1. The number of nitrogens with one attached hydrogen (secondary N) is 2. The first kappa shape index (κ1) is 22.6. The van der Waals surface area contributed by atoms with Gasteiger partial charge >= 0.3 is 0 Å². The summed E-state index contributed by atoms with van der Waals surface area (Å²) in [5, 5.41) is 6.52. The third-order valence-corrected chi connectivity index (χ3v) is 5.21. The highest BCUT2D eigenvalue weighted by Gasteiger charge is 2.04. The van der Waals surface area contributed by atoms with E-state index in [1.54, 1.807) is 0 Å². The molecule has 4 nitrogen and oxygen atoms in total. The summed E-state index contributed by atoms with van der Waals surface area (Å²) in [6.45, 7) is 6.25. The lowest BCUT2D eigenvalue weighted by Crippen LogP contribution is -2.39. The molecular weight excluding hydrogens is 457 g/mol. The molecule has 0 saturated carbocycles. The Hall–Kier alpha value is -1.41. The first-order chi connectivity index (χ1) is 12.2. The maximum atomic E-state index is 12.3. The summed E-state index contributed by atoms with van der Waals surface area (Å²) in [6.07, 6.45) is 1.01. The molecule has 2 N–H and O–H groups in total. The normalized spacial score (nSPS) is 12.2. The van der Waals surface area contributed by atoms with Crippen LogP contribution in [0.25, 0.3) is 0 Å². The fourth-order valence-electron chi connectivity index (χ4n) is 2.51. The third-order valence-electron chi connectivity index (χ3n) is 3.84. The molecule has 0 saturated heterocycles. The van der Waals surface area contributed by atoms with E-state index in [4.69, 9.17) is 0 Å². The van der Waals surface area contributed by atoms with Crippen molar-refractivity contribution >= 4 is 40.7 Å². The summed E-state index contributed by atoms with van der Waals surface area (Å²) >= 11 is 0. The predicted molar refractivity (Wildman–Crippen MR) is 122 cm³/mol. The number of hydrogen-bond donors (Lipinski definition) is 2. The van der Waals surface area contributed by atoms with Crippen molar-refractivity contribution in [2.24, 2.45) is 4.99 Å². The maximum absolute atomic E-state index is 12.3. The number of hydrogen-bond acceptors (Lipinski definition) is 2. The van der Waals surface area contributed by atoms with E-state index in [2.05, 4.69) is 40.7 Å². The lowest BCUT2D eigenvalue weighted by molar-refractivity contribution is 0.681. The van der Waals surface area contributed by atoms with Crippen LogP contribution in [0.4, 0.5) is 0 Å². The summed E-state index contributed by atoms with van der Waals surface area (Å²) in [5.74, 6) is 1.32. The Bertz CT molecular complexity index is 707. The zero-order valence-electron chi connectivity index (χ0n) is 15.4. The second kappa shape index (κ2) is 12.9. The molecular formula is C20H28IN3OS. The lowest BCUT2D eigenvalue weighted by atomic mass is 10.1. The van der Waals surface area contributed by atoms with E-state index in [-0.39, 0.29) is 24.0 Å². The molecule has 6 heteroatoms. The summed E-state index contributed by atoms with van der Waals surface area (Å²) < 4.78 is 12.3. The van der Waals surface area contributed by atoms with E-state index in [9.17, 15) is 4.21 Å². The minimum atomic E-state index is -0.994. The molecule has 0 aromatic heterocycles. The highest BCUT2D eigenvalue weighted by Crippen LogP contribution is 2.10. The first-order valence-electron chi connectivity index (χ1n) is 8.77. The van der Waals surface area contributed by atoms with Gasteiger partial charge in [0.15, 0.2) is 5.96 Å². The van der Waals surface area contributed by atoms with Gasteiger partial charge in [-0.15, -0.1) is 24.0 Å². The average molecular weight is 485 g/mol. The fourth-order valence-corrected chi connectivity index (χ4v) is 3.50. The molecule has 142 valence electrons. The zero-order valence-corrected chi connectivity index (χ0v) is 18.6. The molecule has 0 radical (unpaired) electrons. The van der Waals surface area contributed by atoms with Crippen molar-refractivity contribution in [1.82, 2.24) is 10.6 Å². The van der Waals surface area contributed by atoms with Gasteiger partial charge in [-0.1, -0.05) is 49.4 Å². The first-order valence-corrected chi connectivity index (χ1v) is 10.1. The van der Waals surface area contributed by atoms with Gasteiger partial charge < -0.3 is 10.6 Å². The van der Waals surface area contributed by atoms with Crippen molar-refractivity contribution < 1.29 is 4.21 Å². The zero-order chi connectivity index (χ0) is 17.9. The second-order valence-electron chi connectivity index (χ2n) is 5.61. The van der Waals surface area contributed by atoms with Gasteiger partial charge in [-0.05, 0) is 36.6 Å². The number of benzene rings is 2. The van der Waals surface area contributed by atoms with Crippen LogP contribution in [0, 0.1) is 0 Å². The number of aryl methyl sites for hydroxylation is 1. The van der Waals surface area contributed by atoms with Gasteiger partial charge in [-0.2, -0.15) is 0 Å². The van der Waals surface area contributed by atoms with Gasteiger partial charge in [-0.3, -0.25) is 4.21 Å². The molecule has 0 aliphatic heterocycles. The second-order valence-corrected chi connectivity index (χ2v) is 7.18. The summed E-state index contributed by atoms with van der Waals surface area (Å²) in [4.78, 5) is 5.52. The van der Waals surface area contributed by atoms with E-state index in [1.165, 1.54) is 11.1 Å². The van der Waals surface area contributed by atoms with E-state index in [0.717, 1.165) is 23.8 Å². The minimum absolute atomic E-state index is 0. The van der Waals surface area contributed by atoms with Crippen LogP contribution >= 0.6 is 24.0 Å². The Balaban J connectivity index is 0.00000338. The monoisotopic (exact) mass is 485 g/mol. The topological polar surface area (TPSA) is 53.5 Å². The molecule has 2 aromatic carbocycles. The van der Waals surface area contributed by atoms with E-state index >= 15 is 0 Å². The van der Waals surface area contributed by atoms with Gasteiger partial charge in [0.2, 0.25) is 0 Å². The van der Waals surface area contributed by atoms with E-state index < -0.39 is 10.8 Å². The number of guanidine groups is 1. The summed E-state index contributed by atoms with van der Waals surface area (Å²) in [5.41, 5.74) is 2.57. The smallest absolute Gasteiger partial charge is 0.191 e. The Morgan fingerprint density at radius 1 is 0.962 bits per heavy atom. The van der Waals surface area contributed by atoms with Crippen LogP contribution in [0.2, 0.25) is 0 Å². The van der Waals surface area contributed by atoms with Crippen LogP contribution in [-0.2, 0) is 23.8 Å². The highest BCUT2D eigenvalue weighted by atomic mass is 127. The fraction of sp³-hybridized carbons (Fsp3) is 0.350. The average Bonchev–Trinajstić information content (AvgIpc) is 2.66.